The first kappa shape index (κ1) is 15.6. The van der Waals surface area contributed by atoms with Crippen LogP contribution in [0.2, 0.25) is 0 Å². The van der Waals surface area contributed by atoms with E-state index in [4.69, 9.17) is 0 Å². The van der Waals surface area contributed by atoms with Crippen LogP contribution in [0, 0.1) is 11.6 Å². The van der Waals surface area contributed by atoms with E-state index in [1.807, 2.05) is 0 Å². The van der Waals surface area contributed by atoms with Crippen molar-refractivity contribution >= 4 is 9.84 Å². The maximum Gasteiger partial charge on any atom is 0.159 e. The molecule has 0 heterocycles. The van der Waals surface area contributed by atoms with Gasteiger partial charge in [-0.15, -0.1) is 0 Å². The van der Waals surface area contributed by atoms with Crippen LogP contribution in [0.1, 0.15) is 17.2 Å². The zero-order valence-electron chi connectivity index (χ0n) is 11.0. The summed E-state index contributed by atoms with van der Waals surface area (Å²) in [6, 6.07) is 11.3. The van der Waals surface area contributed by atoms with Crippen LogP contribution in [0.25, 0.3) is 0 Å². The van der Waals surface area contributed by atoms with Crippen LogP contribution >= 0.6 is 0 Å². The van der Waals surface area contributed by atoms with Gasteiger partial charge in [-0.05, 0) is 23.3 Å². The van der Waals surface area contributed by atoms with Gasteiger partial charge in [-0.25, -0.2) is 17.2 Å². The van der Waals surface area contributed by atoms with Gasteiger partial charge in [0.1, 0.15) is 0 Å². The number of aliphatic hydroxyl groups excluding tert-OH is 1. The van der Waals surface area contributed by atoms with Crippen LogP contribution in [0.15, 0.2) is 48.5 Å². The molecule has 0 saturated carbocycles. The molecule has 0 bridgehead atoms. The highest BCUT2D eigenvalue weighted by Crippen LogP contribution is 2.18. The minimum absolute atomic E-state index is 0.147. The Morgan fingerprint density at radius 2 is 1.67 bits per heavy atom. The van der Waals surface area contributed by atoms with Crippen LogP contribution in [-0.4, -0.2) is 19.3 Å². The van der Waals surface area contributed by atoms with Crippen molar-refractivity contribution in [3.8, 4) is 0 Å². The molecular weight excluding hydrogens is 298 g/mol. The first-order valence-corrected chi connectivity index (χ1v) is 8.07. The number of hydrogen-bond acceptors (Lipinski definition) is 3. The normalized spacial score (nSPS) is 13.1. The Hall–Kier alpha value is -1.79. The molecule has 0 aliphatic carbocycles. The summed E-state index contributed by atoms with van der Waals surface area (Å²) in [5.41, 5.74) is 0.639. The number of sulfone groups is 1. The van der Waals surface area contributed by atoms with Crippen LogP contribution in [0.5, 0.6) is 0 Å². The van der Waals surface area contributed by atoms with Crippen LogP contribution in [0.4, 0.5) is 8.78 Å². The first-order valence-electron chi connectivity index (χ1n) is 6.25. The molecule has 0 saturated heterocycles. The third-order valence-electron chi connectivity index (χ3n) is 2.97. The minimum Gasteiger partial charge on any atom is -0.387 e. The van der Waals surface area contributed by atoms with Gasteiger partial charge in [0.25, 0.3) is 0 Å². The molecule has 3 nitrogen and oxygen atoms in total. The Morgan fingerprint density at radius 3 is 2.29 bits per heavy atom. The van der Waals surface area contributed by atoms with E-state index < -0.39 is 39.1 Å². The lowest BCUT2D eigenvalue weighted by Crippen LogP contribution is -2.16. The Balaban J connectivity index is 2.10. The highest BCUT2D eigenvalue weighted by Gasteiger charge is 2.19. The molecule has 0 aromatic heterocycles. The number of benzene rings is 2. The molecule has 1 unspecified atom stereocenters. The molecule has 0 aliphatic heterocycles. The van der Waals surface area contributed by atoms with Gasteiger partial charge in [0.2, 0.25) is 0 Å². The van der Waals surface area contributed by atoms with E-state index in [9.17, 15) is 22.3 Å². The smallest absolute Gasteiger partial charge is 0.159 e. The van der Waals surface area contributed by atoms with Crippen LogP contribution in [0.3, 0.4) is 0 Å². The molecular formula is C15H14F2O3S. The molecule has 2 rings (SSSR count). The Labute approximate surface area is 121 Å². The van der Waals surface area contributed by atoms with E-state index in [0.29, 0.717) is 5.56 Å². The van der Waals surface area contributed by atoms with Crippen molar-refractivity contribution < 1.29 is 22.3 Å². The number of hydrogen-bond donors (Lipinski definition) is 1. The molecule has 0 spiro atoms. The fourth-order valence-electron chi connectivity index (χ4n) is 1.95. The highest BCUT2D eigenvalue weighted by molar-refractivity contribution is 7.90. The zero-order chi connectivity index (χ0) is 15.5. The van der Waals surface area contributed by atoms with E-state index in [-0.39, 0.29) is 5.56 Å². The summed E-state index contributed by atoms with van der Waals surface area (Å²) >= 11 is 0. The van der Waals surface area contributed by atoms with E-state index in [0.717, 1.165) is 12.1 Å². The Bertz CT molecular complexity index is 715. The molecule has 1 N–H and O–H groups in total. The maximum absolute atomic E-state index is 13.1. The van der Waals surface area contributed by atoms with Crippen molar-refractivity contribution in [1.29, 1.82) is 0 Å². The van der Waals surface area contributed by atoms with Gasteiger partial charge < -0.3 is 5.11 Å². The Kier molecular flexibility index (Phi) is 4.69. The van der Waals surface area contributed by atoms with Crippen LogP contribution < -0.4 is 0 Å². The fourth-order valence-corrected chi connectivity index (χ4v) is 3.43. The number of rotatable bonds is 5. The van der Waals surface area contributed by atoms with E-state index in [1.54, 1.807) is 30.3 Å². The molecule has 2 aromatic rings. The van der Waals surface area contributed by atoms with Crippen molar-refractivity contribution in [2.24, 2.45) is 0 Å². The summed E-state index contributed by atoms with van der Waals surface area (Å²) in [6.45, 7) is 0. The van der Waals surface area contributed by atoms with Crippen LogP contribution in [-0.2, 0) is 15.6 Å². The third kappa shape index (κ3) is 4.34. The molecule has 0 fully saturated rings. The lowest BCUT2D eigenvalue weighted by molar-refractivity contribution is 0.201. The lowest BCUT2D eigenvalue weighted by atomic mass is 10.1. The standard InChI is InChI=1S/C15H14F2O3S/c16-13-7-6-11(8-14(13)17)9-21(19,20)10-15(18)12-4-2-1-3-5-12/h1-8,15,18H,9-10H2. The van der Waals surface area contributed by atoms with Crippen molar-refractivity contribution in [3.63, 3.8) is 0 Å². The first-order chi connectivity index (χ1) is 9.87. The number of halogens is 2. The van der Waals surface area contributed by atoms with E-state index in [1.165, 1.54) is 6.07 Å². The second kappa shape index (κ2) is 6.32. The second-order valence-corrected chi connectivity index (χ2v) is 6.84. The molecule has 112 valence electrons. The average Bonchev–Trinajstić information content (AvgIpc) is 2.43. The summed E-state index contributed by atoms with van der Waals surface area (Å²) in [7, 11) is -3.65. The zero-order valence-corrected chi connectivity index (χ0v) is 11.9. The van der Waals surface area contributed by atoms with E-state index in [2.05, 4.69) is 0 Å². The highest BCUT2D eigenvalue weighted by atomic mass is 32.2. The summed E-state index contributed by atoms with van der Waals surface area (Å²) in [5.74, 6) is -3.05. The quantitative estimate of drug-likeness (QED) is 0.923. The summed E-state index contributed by atoms with van der Waals surface area (Å²) < 4.78 is 49.9. The molecule has 2 aromatic carbocycles. The Morgan fingerprint density at radius 1 is 1.00 bits per heavy atom. The molecule has 0 amide bonds. The summed E-state index contributed by atoms with van der Waals surface area (Å²) in [6.07, 6.45) is -1.15. The third-order valence-corrected chi connectivity index (χ3v) is 4.56. The lowest BCUT2D eigenvalue weighted by Gasteiger charge is -2.11. The topological polar surface area (TPSA) is 54.4 Å². The van der Waals surface area contributed by atoms with Gasteiger partial charge in [0.05, 0.1) is 17.6 Å². The van der Waals surface area contributed by atoms with Crippen molar-refractivity contribution in [2.75, 3.05) is 5.75 Å². The average molecular weight is 312 g/mol. The summed E-state index contributed by atoms with van der Waals surface area (Å²) in [4.78, 5) is 0. The molecule has 6 heteroatoms. The maximum atomic E-state index is 13.1. The summed E-state index contributed by atoms with van der Waals surface area (Å²) in [5, 5.41) is 9.92. The van der Waals surface area contributed by atoms with Crippen molar-refractivity contribution in [3.05, 3.63) is 71.3 Å². The molecule has 0 aliphatic rings. The SMILES string of the molecule is O=S(=O)(Cc1ccc(F)c(F)c1)CC(O)c1ccccc1. The largest absolute Gasteiger partial charge is 0.387 e. The van der Waals surface area contributed by atoms with Gasteiger partial charge >= 0.3 is 0 Å². The van der Waals surface area contributed by atoms with Crippen molar-refractivity contribution in [2.45, 2.75) is 11.9 Å². The molecule has 0 radical (unpaired) electrons. The van der Waals surface area contributed by atoms with Gasteiger partial charge in [-0.2, -0.15) is 0 Å². The van der Waals surface area contributed by atoms with Gasteiger partial charge in [0, 0.05) is 0 Å². The minimum atomic E-state index is -3.65. The molecule has 1 atom stereocenters. The van der Waals surface area contributed by atoms with E-state index >= 15 is 0 Å². The predicted molar refractivity (Wildman–Crippen MR) is 75.3 cm³/mol. The van der Waals surface area contributed by atoms with Gasteiger partial charge in [0.15, 0.2) is 21.5 Å². The van der Waals surface area contributed by atoms with Crippen molar-refractivity contribution in [1.82, 2.24) is 0 Å². The fraction of sp³-hybridized carbons (Fsp3) is 0.200. The van der Waals surface area contributed by atoms with Gasteiger partial charge in [-0.1, -0.05) is 36.4 Å². The monoisotopic (exact) mass is 312 g/mol. The predicted octanol–water partition coefficient (Wildman–Crippen LogP) is 2.61. The molecule has 21 heavy (non-hydrogen) atoms. The number of aliphatic hydroxyl groups is 1. The second-order valence-electron chi connectivity index (χ2n) is 4.73. The van der Waals surface area contributed by atoms with Gasteiger partial charge in [-0.3, -0.25) is 0 Å².